The van der Waals surface area contributed by atoms with Crippen molar-refractivity contribution in [2.45, 2.75) is 38.5 Å². The number of nitrogens with zero attached hydrogens (tertiary/aromatic N) is 1. The predicted molar refractivity (Wildman–Crippen MR) is 281 cm³/mol. The van der Waals surface area contributed by atoms with Gasteiger partial charge in [-0.25, -0.2) is 0 Å². The molecule has 1 nitrogen and oxygen atoms in total. The summed E-state index contributed by atoms with van der Waals surface area (Å²) in [5.41, 5.74) is 28.7. The zero-order valence-corrected chi connectivity index (χ0v) is 38.3. The van der Waals surface area contributed by atoms with E-state index in [9.17, 15) is 0 Å². The second-order valence-electron chi connectivity index (χ2n) is 19.3. The van der Waals surface area contributed by atoms with Crippen molar-refractivity contribution < 1.29 is 0 Å². The fraction of sp³-hybridized carbons (Fsp3) is 0.0909. The summed E-state index contributed by atoms with van der Waals surface area (Å²) in [6, 6.07) is 84.4. The van der Waals surface area contributed by atoms with E-state index in [-0.39, 0.29) is 5.41 Å². The Bertz CT molecular complexity index is 3580. The number of benzene rings is 10. The van der Waals surface area contributed by atoms with Crippen molar-refractivity contribution in [3.05, 3.63) is 269 Å². The molecule has 0 saturated carbocycles. The van der Waals surface area contributed by atoms with Gasteiger partial charge in [0, 0.05) is 22.5 Å². The van der Waals surface area contributed by atoms with Crippen molar-refractivity contribution in [2.24, 2.45) is 0 Å². The molecule has 0 saturated heterocycles. The average Bonchev–Trinajstić information content (AvgIpc) is 3.93. The Kier molecular flexibility index (Phi) is 8.67. The van der Waals surface area contributed by atoms with Crippen LogP contribution in [0.4, 0.5) is 17.1 Å². The first-order valence-electron chi connectivity index (χ1n) is 23.7. The standard InChI is InChI=1S/C66H49N/c1-42-38-47(30-34-50(42)45-20-9-6-10-21-45)51-25-17-29-60-64(51)56-36-33-49(41-62(56)66(60)58-27-15-12-23-53(58)54-24-13-16-28-59(54)66)67(63-37-31-46(39-43(63)2)44-18-7-5-8-19-44)48-32-35-55-52-22-11-14-26-57(52)65(3,4)61(55)40-48/h5-41H,1-4H3. The molecule has 0 unspecified atom stereocenters. The van der Waals surface area contributed by atoms with Gasteiger partial charge >= 0.3 is 0 Å². The summed E-state index contributed by atoms with van der Waals surface area (Å²) in [7, 11) is 0. The number of aryl methyl sites for hydroxylation is 2. The van der Waals surface area contributed by atoms with Gasteiger partial charge in [-0.3, -0.25) is 0 Å². The Morgan fingerprint density at radius 3 is 1.45 bits per heavy atom. The van der Waals surface area contributed by atoms with Crippen LogP contribution in [0, 0.1) is 13.8 Å². The molecule has 0 aromatic heterocycles. The highest BCUT2D eigenvalue weighted by Gasteiger charge is 2.52. The lowest BCUT2D eigenvalue weighted by atomic mass is 9.70. The second-order valence-corrected chi connectivity index (χ2v) is 19.3. The minimum Gasteiger partial charge on any atom is -0.310 e. The first kappa shape index (κ1) is 39.4. The molecule has 0 aliphatic heterocycles. The van der Waals surface area contributed by atoms with Crippen LogP contribution in [0.15, 0.2) is 224 Å². The van der Waals surface area contributed by atoms with E-state index in [2.05, 4.69) is 257 Å². The predicted octanol–water partition coefficient (Wildman–Crippen LogP) is 17.4. The van der Waals surface area contributed by atoms with Crippen LogP contribution in [0.25, 0.3) is 66.8 Å². The van der Waals surface area contributed by atoms with Crippen molar-refractivity contribution in [1.29, 1.82) is 0 Å². The molecule has 10 aromatic carbocycles. The van der Waals surface area contributed by atoms with Crippen molar-refractivity contribution >= 4 is 17.1 Å². The number of fused-ring (bicyclic) bond motifs is 13. The minimum absolute atomic E-state index is 0.144. The molecule has 0 amide bonds. The number of hydrogen-bond donors (Lipinski definition) is 0. The third-order valence-electron chi connectivity index (χ3n) is 15.3. The summed E-state index contributed by atoms with van der Waals surface area (Å²) < 4.78 is 0. The van der Waals surface area contributed by atoms with Crippen molar-refractivity contribution in [1.82, 2.24) is 0 Å². The van der Waals surface area contributed by atoms with Crippen LogP contribution < -0.4 is 4.90 Å². The van der Waals surface area contributed by atoms with Gasteiger partial charge in [0.1, 0.15) is 0 Å². The fourth-order valence-corrected chi connectivity index (χ4v) is 12.3. The first-order chi connectivity index (χ1) is 32.8. The molecule has 13 rings (SSSR count). The van der Waals surface area contributed by atoms with Crippen LogP contribution in [0.3, 0.4) is 0 Å². The van der Waals surface area contributed by atoms with Crippen LogP contribution in [0.2, 0.25) is 0 Å². The quantitative estimate of drug-likeness (QED) is 0.161. The molecular weight excluding hydrogens is 807 g/mol. The van der Waals surface area contributed by atoms with Crippen LogP contribution >= 0.6 is 0 Å². The zero-order valence-electron chi connectivity index (χ0n) is 38.3. The van der Waals surface area contributed by atoms with Gasteiger partial charge in [-0.1, -0.05) is 202 Å². The first-order valence-corrected chi connectivity index (χ1v) is 23.7. The molecule has 3 aliphatic rings. The summed E-state index contributed by atoms with van der Waals surface area (Å²) in [6.45, 7) is 9.28. The molecule has 0 heterocycles. The van der Waals surface area contributed by atoms with Gasteiger partial charge < -0.3 is 4.90 Å². The summed E-state index contributed by atoms with van der Waals surface area (Å²) in [5, 5.41) is 0. The van der Waals surface area contributed by atoms with Crippen molar-refractivity contribution in [3.8, 4) is 66.8 Å². The van der Waals surface area contributed by atoms with Gasteiger partial charge in [-0.2, -0.15) is 0 Å². The third-order valence-corrected chi connectivity index (χ3v) is 15.3. The molecule has 0 N–H and O–H groups in total. The molecule has 0 radical (unpaired) electrons. The van der Waals surface area contributed by atoms with E-state index in [1.54, 1.807) is 0 Å². The Morgan fingerprint density at radius 1 is 0.299 bits per heavy atom. The zero-order chi connectivity index (χ0) is 45.0. The normalized spacial score (nSPS) is 13.9. The summed E-state index contributed by atoms with van der Waals surface area (Å²) in [5.74, 6) is 0. The Balaban J connectivity index is 1.06. The largest absolute Gasteiger partial charge is 0.310 e. The van der Waals surface area contributed by atoms with Gasteiger partial charge in [0.05, 0.1) is 5.41 Å². The van der Waals surface area contributed by atoms with E-state index in [0.29, 0.717) is 0 Å². The SMILES string of the molecule is Cc1cc(-c2cccc3c2-c2ccc(N(c4ccc5c(c4)C(C)(C)c4ccccc4-5)c4ccc(-c5ccccc5)cc4C)cc2C32c3ccccc3-c3ccccc32)ccc1-c1ccccc1. The van der Waals surface area contributed by atoms with E-state index in [4.69, 9.17) is 0 Å². The molecule has 0 fully saturated rings. The lowest BCUT2D eigenvalue weighted by molar-refractivity contribution is 0.660. The average molecular weight is 856 g/mol. The van der Waals surface area contributed by atoms with E-state index in [0.717, 1.165) is 11.4 Å². The number of anilines is 3. The highest BCUT2D eigenvalue weighted by Crippen LogP contribution is 2.65. The number of hydrogen-bond acceptors (Lipinski definition) is 1. The van der Waals surface area contributed by atoms with Gasteiger partial charge in [0.2, 0.25) is 0 Å². The summed E-state index contributed by atoms with van der Waals surface area (Å²) >= 11 is 0. The molecule has 3 aliphatic carbocycles. The van der Waals surface area contributed by atoms with Gasteiger partial charge in [0.25, 0.3) is 0 Å². The molecule has 318 valence electrons. The van der Waals surface area contributed by atoms with Crippen molar-refractivity contribution in [2.75, 3.05) is 4.90 Å². The number of rotatable bonds is 6. The monoisotopic (exact) mass is 855 g/mol. The molecule has 1 spiro atoms. The highest BCUT2D eigenvalue weighted by molar-refractivity contribution is 6.01. The van der Waals surface area contributed by atoms with Gasteiger partial charge in [0.15, 0.2) is 0 Å². The maximum Gasteiger partial charge on any atom is 0.0726 e. The molecule has 10 aromatic rings. The third kappa shape index (κ3) is 5.68. The van der Waals surface area contributed by atoms with Gasteiger partial charge in [-0.05, 0) is 162 Å². The smallest absolute Gasteiger partial charge is 0.0726 e. The van der Waals surface area contributed by atoms with Crippen LogP contribution in [0.5, 0.6) is 0 Å². The highest BCUT2D eigenvalue weighted by atomic mass is 15.1. The Labute approximate surface area is 394 Å². The fourth-order valence-electron chi connectivity index (χ4n) is 12.3. The lowest BCUT2D eigenvalue weighted by Gasteiger charge is -2.33. The molecule has 1 heteroatoms. The second kappa shape index (κ2) is 14.8. The Hall–Kier alpha value is -8.00. The van der Waals surface area contributed by atoms with E-state index in [1.807, 2.05) is 0 Å². The van der Waals surface area contributed by atoms with Crippen LogP contribution in [-0.4, -0.2) is 0 Å². The van der Waals surface area contributed by atoms with E-state index >= 15 is 0 Å². The maximum atomic E-state index is 2.54. The maximum absolute atomic E-state index is 2.54. The van der Waals surface area contributed by atoms with Crippen LogP contribution in [-0.2, 0) is 10.8 Å². The van der Waals surface area contributed by atoms with E-state index in [1.165, 1.54) is 117 Å². The van der Waals surface area contributed by atoms with Crippen LogP contribution in [0.1, 0.15) is 58.4 Å². The summed E-state index contributed by atoms with van der Waals surface area (Å²) in [4.78, 5) is 2.53. The molecular formula is C66H49N. The minimum atomic E-state index is -0.525. The lowest BCUT2D eigenvalue weighted by Crippen LogP contribution is -2.26. The Morgan fingerprint density at radius 2 is 0.791 bits per heavy atom. The van der Waals surface area contributed by atoms with Gasteiger partial charge in [-0.15, -0.1) is 0 Å². The molecule has 0 atom stereocenters. The molecule has 0 bridgehead atoms. The topological polar surface area (TPSA) is 3.24 Å². The molecule has 67 heavy (non-hydrogen) atoms. The van der Waals surface area contributed by atoms with Crippen molar-refractivity contribution in [3.63, 3.8) is 0 Å². The van der Waals surface area contributed by atoms with E-state index < -0.39 is 5.41 Å². The summed E-state index contributed by atoms with van der Waals surface area (Å²) in [6.07, 6.45) is 0.